The van der Waals surface area contributed by atoms with Gasteiger partial charge in [-0.25, -0.2) is 0 Å². The number of amides is 1. The van der Waals surface area contributed by atoms with E-state index in [9.17, 15) is 4.79 Å². The lowest BCUT2D eigenvalue weighted by Gasteiger charge is -2.14. The third-order valence-electron chi connectivity index (χ3n) is 3.13. The molecule has 0 saturated carbocycles. The highest BCUT2D eigenvalue weighted by Crippen LogP contribution is 2.25. The Hall–Kier alpha value is -2.49. The van der Waals surface area contributed by atoms with Crippen LogP contribution in [0.5, 0.6) is 11.5 Å². The van der Waals surface area contributed by atoms with Crippen LogP contribution in [0.2, 0.25) is 0 Å². The van der Waals surface area contributed by atoms with Crippen molar-refractivity contribution < 1.29 is 14.3 Å². The zero-order valence-corrected chi connectivity index (χ0v) is 13.8. The van der Waals surface area contributed by atoms with E-state index in [1.807, 2.05) is 31.2 Å². The lowest BCUT2D eigenvalue weighted by molar-refractivity contribution is 0.102. The van der Waals surface area contributed by atoms with Gasteiger partial charge in [-0.2, -0.15) is 0 Å². The van der Waals surface area contributed by atoms with Crippen LogP contribution in [-0.4, -0.2) is 19.1 Å². The fourth-order valence-corrected chi connectivity index (χ4v) is 2.02. The molecule has 2 aromatic rings. The Morgan fingerprint density at radius 2 is 1.74 bits per heavy atom. The second-order valence-electron chi connectivity index (χ2n) is 5.61. The van der Waals surface area contributed by atoms with Crippen LogP contribution in [0.1, 0.15) is 31.1 Å². The van der Waals surface area contributed by atoms with Gasteiger partial charge in [0.1, 0.15) is 11.5 Å². The topological polar surface area (TPSA) is 47.6 Å². The molecule has 0 aromatic heterocycles. The summed E-state index contributed by atoms with van der Waals surface area (Å²) >= 11 is 0. The zero-order chi connectivity index (χ0) is 16.7. The van der Waals surface area contributed by atoms with Crippen LogP contribution in [0.15, 0.2) is 48.5 Å². The summed E-state index contributed by atoms with van der Waals surface area (Å²) in [5, 5.41) is 2.90. The average molecular weight is 313 g/mol. The molecule has 1 N–H and O–H groups in total. The summed E-state index contributed by atoms with van der Waals surface area (Å²) in [6.45, 7) is 7.30. The summed E-state index contributed by atoms with van der Waals surface area (Å²) in [6, 6.07) is 14.5. The Bertz CT molecular complexity index is 635. The minimum atomic E-state index is -0.173. The van der Waals surface area contributed by atoms with Gasteiger partial charge in [-0.15, -0.1) is 0 Å². The second-order valence-corrected chi connectivity index (χ2v) is 5.61. The van der Waals surface area contributed by atoms with Crippen molar-refractivity contribution in [2.24, 2.45) is 5.92 Å². The number of benzene rings is 2. The summed E-state index contributed by atoms with van der Waals surface area (Å²) in [4.78, 5) is 12.4. The fraction of sp³-hybridized carbons (Fsp3) is 0.316. The lowest BCUT2D eigenvalue weighted by Crippen LogP contribution is -2.13. The molecule has 0 spiro atoms. The van der Waals surface area contributed by atoms with E-state index in [-0.39, 0.29) is 5.91 Å². The maximum Gasteiger partial charge on any atom is 0.255 e. The molecule has 0 aliphatic rings. The summed E-state index contributed by atoms with van der Waals surface area (Å²) in [6.07, 6.45) is 0. The van der Waals surface area contributed by atoms with Crippen molar-refractivity contribution in [3.05, 3.63) is 54.1 Å². The minimum absolute atomic E-state index is 0.173. The maximum atomic E-state index is 12.4. The van der Waals surface area contributed by atoms with Crippen LogP contribution in [0.25, 0.3) is 0 Å². The molecule has 0 heterocycles. The number of rotatable bonds is 7. The van der Waals surface area contributed by atoms with Crippen molar-refractivity contribution >= 4 is 11.6 Å². The smallest absolute Gasteiger partial charge is 0.255 e. The van der Waals surface area contributed by atoms with Gasteiger partial charge in [0, 0.05) is 5.56 Å². The molecule has 0 fully saturated rings. The molecule has 4 heteroatoms. The van der Waals surface area contributed by atoms with Crippen LogP contribution in [-0.2, 0) is 0 Å². The van der Waals surface area contributed by atoms with Crippen molar-refractivity contribution in [1.29, 1.82) is 0 Å². The molecule has 0 bridgehead atoms. The van der Waals surface area contributed by atoms with Crippen molar-refractivity contribution in [3.8, 4) is 11.5 Å². The highest BCUT2D eigenvalue weighted by atomic mass is 16.5. The Kier molecular flexibility index (Phi) is 6.03. The van der Waals surface area contributed by atoms with Crippen molar-refractivity contribution in [1.82, 2.24) is 0 Å². The third-order valence-corrected chi connectivity index (χ3v) is 3.13. The Morgan fingerprint density at radius 3 is 2.39 bits per heavy atom. The number of para-hydroxylation sites is 2. The standard InChI is InChI=1S/C19H23NO3/c1-4-22-16-11-9-15(10-12-16)19(21)20-17-7-5-6-8-18(17)23-13-14(2)3/h5-12,14H,4,13H2,1-3H3,(H,20,21). The van der Waals surface area contributed by atoms with Crippen LogP contribution in [0.4, 0.5) is 5.69 Å². The molecule has 0 radical (unpaired) electrons. The van der Waals surface area contributed by atoms with E-state index in [1.165, 1.54) is 0 Å². The molecule has 0 atom stereocenters. The van der Waals surface area contributed by atoms with E-state index in [2.05, 4.69) is 19.2 Å². The zero-order valence-electron chi connectivity index (χ0n) is 13.8. The lowest BCUT2D eigenvalue weighted by atomic mass is 10.2. The van der Waals surface area contributed by atoms with Crippen molar-refractivity contribution in [3.63, 3.8) is 0 Å². The number of carbonyl (C=O) groups excluding carboxylic acids is 1. The first kappa shape index (κ1) is 16.9. The number of ether oxygens (including phenoxy) is 2. The van der Waals surface area contributed by atoms with Crippen molar-refractivity contribution in [2.45, 2.75) is 20.8 Å². The molecule has 2 rings (SSSR count). The van der Waals surface area contributed by atoms with Crippen LogP contribution in [0.3, 0.4) is 0 Å². The Morgan fingerprint density at radius 1 is 1.04 bits per heavy atom. The number of hydrogen-bond acceptors (Lipinski definition) is 3. The Labute approximate surface area is 137 Å². The van der Waals surface area contributed by atoms with Crippen LogP contribution < -0.4 is 14.8 Å². The van der Waals surface area contributed by atoms with E-state index in [4.69, 9.17) is 9.47 Å². The largest absolute Gasteiger partial charge is 0.494 e. The molecule has 4 nitrogen and oxygen atoms in total. The molecule has 1 amide bonds. The van der Waals surface area contributed by atoms with E-state index in [1.54, 1.807) is 24.3 Å². The number of anilines is 1. The van der Waals surface area contributed by atoms with Gasteiger partial charge in [0.25, 0.3) is 5.91 Å². The number of carbonyl (C=O) groups is 1. The predicted molar refractivity (Wildman–Crippen MR) is 92.3 cm³/mol. The molecule has 23 heavy (non-hydrogen) atoms. The molecular weight excluding hydrogens is 290 g/mol. The van der Waals surface area contributed by atoms with Crippen LogP contribution >= 0.6 is 0 Å². The van der Waals surface area contributed by atoms with Gasteiger partial charge in [0.15, 0.2) is 0 Å². The molecule has 0 aliphatic heterocycles. The third kappa shape index (κ3) is 5.02. The molecule has 2 aromatic carbocycles. The van der Waals surface area contributed by atoms with Gasteiger partial charge >= 0.3 is 0 Å². The second kappa shape index (κ2) is 8.22. The first-order chi connectivity index (χ1) is 11.1. The number of hydrogen-bond donors (Lipinski definition) is 1. The van der Waals surface area contributed by atoms with Crippen LogP contribution in [0, 0.1) is 5.92 Å². The minimum Gasteiger partial charge on any atom is -0.494 e. The van der Waals surface area contributed by atoms with Crippen molar-refractivity contribution in [2.75, 3.05) is 18.5 Å². The van der Waals surface area contributed by atoms with E-state index >= 15 is 0 Å². The molecule has 0 unspecified atom stereocenters. The van der Waals surface area contributed by atoms with Gasteiger partial charge in [-0.1, -0.05) is 26.0 Å². The first-order valence-corrected chi connectivity index (χ1v) is 7.86. The van der Waals surface area contributed by atoms with Gasteiger partial charge in [0.05, 0.1) is 18.9 Å². The first-order valence-electron chi connectivity index (χ1n) is 7.86. The molecule has 122 valence electrons. The van der Waals surface area contributed by atoms with Gasteiger partial charge in [0.2, 0.25) is 0 Å². The summed E-state index contributed by atoms with van der Waals surface area (Å²) in [5.74, 6) is 1.68. The number of nitrogens with one attached hydrogen (secondary N) is 1. The van der Waals surface area contributed by atoms with Gasteiger partial charge < -0.3 is 14.8 Å². The summed E-state index contributed by atoms with van der Waals surface area (Å²) < 4.78 is 11.1. The van der Waals surface area contributed by atoms with Gasteiger partial charge in [-0.05, 0) is 49.2 Å². The normalized spacial score (nSPS) is 10.4. The highest BCUT2D eigenvalue weighted by molar-refractivity contribution is 6.05. The van der Waals surface area contributed by atoms with E-state index in [0.29, 0.717) is 36.1 Å². The maximum absolute atomic E-state index is 12.4. The van der Waals surface area contributed by atoms with E-state index in [0.717, 1.165) is 5.75 Å². The summed E-state index contributed by atoms with van der Waals surface area (Å²) in [7, 11) is 0. The monoisotopic (exact) mass is 313 g/mol. The van der Waals surface area contributed by atoms with E-state index < -0.39 is 0 Å². The van der Waals surface area contributed by atoms with Gasteiger partial charge in [-0.3, -0.25) is 4.79 Å². The fourth-order valence-electron chi connectivity index (χ4n) is 2.02. The SMILES string of the molecule is CCOc1ccc(C(=O)Nc2ccccc2OCC(C)C)cc1. The highest BCUT2D eigenvalue weighted by Gasteiger charge is 2.10. The Balaban J connectivity index is 2.07. The quantitative estimate of drug-likeness (QED) is 0.825. The molecular formula is C19H23NO3. The summed E-state index contributed by atoms with van der Waals surface area (Å²) in [5.41, 5.74) is 1.25. The molecule has 0 saturated heterocycles. The molecule has 0 aliphatic carbocycles. The average Bonchev–Trinajstić information content (AvgIpc) is 2.55. The predicted octanol–water partition coefficient (Wildman–Crippen LogP) is 4.37.